The summed E-state index contributed by atoms with van der Waals surface area (Å²) >= 11 is 3.32. The first-order valence-electron chi connectivity index (χ1n) is 14.0. The van der Waals surface area contributed by atoms with Crippen molar-refractivity contribution < 1.29 is 9.47 Å². The molecule has 11 heteroatoms. The van der Waals surface area contributed by atoms with Gasteiger partial charge in [-0.2, -0.15) is 0 Å². The van der Waals surface area contributed by atoms with Crippen molar-refractivity contribution >= 4 is 45.1 Å². The van der Waals surface area contributed by atoms with Gasteiger partial charge in [0.25, 0.3) is 0 Å². The van der Waals surface area contributed by atoms with Crippen molar-refractivity contribution in [1.82, 2.24) is 24.8 Å². The van der Waals surface area contributed by atoms with Crippen LogP contribution in [-0.2, 0) is 11.3 Å². The van der Waals surface area contributed by atoms with E-state index in [0.29, 0.717) is 25.1 Å². The molecule has 1 N–H and O–H groups in total. The van der Waals surface area contributed by atoms with Crippen molar-refractivity contribution in [2.24, 2.45) is 0 Å². The van der Waals surface area contributed by atoms with Crippen molar-refractivity contribution in [3.8, 4) is 17.1 Å². The van der Waals surface area contributed by atoms with E-state index in [1.165, 1.54) is 35.2 Å². The summed E-state index contributed by atoms with van der Waals surface area (Å²) in [6.45, 7) is 15.2. The van der Waals surface area contributed by atoms with Crippen LogP contribution in [0, 0.1) is 6.92 Å². The summed E-state index contributed by atoms with van der Waals surface area (Å²) in [5.41, 5.74) is 5.14. The fourth-order valence-electron chi connectivity index (χ4n) is 5.74. The second kappa shape index (κ2) is 13.0. The van der Waals surface area contributed by atoms with Gasteiger partial charge in [-0.25, -0.2) is 15.0 Å². The van der Waals surface area contributed by atoms with Crippen molar-refractivity contribution in [2.45, 2.75) is 46.2 Å². The van der Waals surface area contributed by atoms with Gasteiger partial charge in [0.05, 0.1) is 36.2 Å². The zero-order valence-corrected chi connectivity index (χ0v) is 25.5. The molecule has 0 amide bonds. The van der Waals surface area contributed by atoms with Crippen LogP contribution in [0.2, 0.25) is 0 Å². The normalized spacial score (nSPS) is 17.3. The average Bonchev–Trinajstić information content (AvgIpc) is 3.29. The highest BCUT2D eigenvalue weighted by molar-refractivity contribution is 7.99. The monoisotopic (exact) mass is 571 g/mol. The smallest absolute Gasteiger partial charge is 0.237 e. The first-order valence-corrected chi connectivity index (χ1v) is 16.0. The minimum Gasteiger partial charge on any atom is -0.480 e. The van der Waals surface area contributed by atoms with Crippen molar-refractivity contribution in [2.75, 3.05) is 75.5 Å². The van der Waals surface area contributed by atoms with Crippen molar-refractivity contribution in [3.63, 3.8) is 0 Å². The number of ether oxygens (including phenoxy) is 2. The maximum atomic E-state index is 5.62. The molecule has 0 radical (unpaired) electrons. The molecule has 3 aromatic rings. The van der Waals surface area contributed by atoms with E-state index in [0.717, 1.165) is 78.9 Å². The largest absolute Gasteiger partial charge is 0.480 e. The molecule has 0 bridgehead atoms. The number of nitrogens with zero attached hydrogens (tertiary/aromatic N) is 6. The first-order chi connectivity index (χ1) is 19.1. The van der Waals surface area contributed by atoms with Crippen molar-refractivity contribution in [1.29, 1.82) is 0 Å². The molecule has 5 heterocycles. The number of methoxy groups -OCH3 is 1. The number of aromatic nitrogens is 3. The van der Waals surface area contributed by atoms with E-state index in [1.54, 1.807) is 18.4 Å². The van der Waals surface area contributed by atoms with Gasteiger partial charge in [-0.05, 0) is 52.0 Å². The van der Waals surface area contributed by atoms with Crippen LogP contribution < -0.4 is 14.4 Å². The Balaban J connectivity index is 1.52. The van der Waals surface area contributed by atoms with E-state index in [1.807, 2.05) is 12.5 Å². The third kappa shape index (κ3) is 6.12. The number of thiophene rings is 1. The predicted octanol–water partition coefficient (Wildman–Crippen LogP) is 4.90. The molecule has 2 saturated heterocycles. The van der Waals surface area contributed by atoms with Gasteiger partial charge < -0.3 is 24.0 Å². The topological polar surface area (TPSA) is 78.9 Å². The molecule has 0 unspecified atom stereocenters. The molecule has 2 fully saturated rings. The number of morpholine rings is 1. The van der Waals surface area contributed by atoms with Gasteiger partial charge in [0.1, 0.15) is 5.69 Å². The summed E-state index contributed by atoms with van der Waals surface area (Å²) in [5, 5.41) is 0. The maximum absolute atomic E-state index is 5.62. The lowest BCUT2D eigenvalue weighted by molar-refractivity contribution is 0.113. The van der Waals surface area contributed by atoms with Gasteiger partial charge in [0.15, 0.2) is 0 Å². The Labute approximate surface area is 240 Å². The summed E-state index contributed by atoms with van der Waals surface area (Å²) < 4.78 is 15.5. The molecular formula is C28H41N7O2S2. The molecule has 3 aromatic heterocycles. The summed E-state index contributed by atoms with van der Waals surface area (Å²) in [7, 11) is 1.65. The number of pyridine rings is 1. The molecule has 2 aliphatic rings. The van der Waals surface area contributed by atoms with E-state index >= 15 is 0 Å². The Hall–Kier alpha value is -2.18. The van der Waals surface area contributed by atoms with Crippen LogP contribution in [0.15, 0.2) is 12.3 Å². The molecule has 0 aromatic carbocycles. The third-order valence-electron chi connectivity index (χ3n) is 7.91. The van der Waals surface area contributed by atoms with Crippen LogP contribution in [0.4, 0.5) is 11.6 Å². The Morgan fingerprint density at radius 2 is 1.90 bits per heavy atom. The lowest BCUT2D eigenvalue weighted by Gasteiger charge is -2.37. The fourth-order valence-corrected chi connectivity index (χ4v) is 7.22. The molecule has 39 heavy (non-hydrogen) atoms. The van der Waals surface area contributed by atoms with Crippen LogP contribution in [0.3, 0.4) is 0 Å². The second-order valence-electron chi connectivity index (χ2n) is 10.1. The standard InChI is InChI=1S/C28H41N7O2S2/c1-6-34(7-2)21-8-10-33(11-9-21)18-22-19(3)39-26-24(20-16-23(32-38-5)27(36-4)29-17-20)30-28(31-25(22)26)35-12-14-37-15-13-35/h16-17,21,32H,6-15,18H2,1-5H3. The summed E-state index contributed by atoms with van der Waals surface area (Å²) in [5.74, 6) is 1.35. The number of nitrogens with one attached hydrogen (secondary N) is 1. The van der Waals surface area contributed by atoms with Crippen LogP contribution in [-0.4, -0.2) is 96.6 Å². The SMILES string of the molecule is CCN(CC)C1CCN(Cc2c(C)sc3c(-c4cnc(OC)c(NSC)c4)nc(N4CCOCC4)nc23)CC1. The Morgan fingerprint density at radius 1 is 1.15 bits per heavy atom. The zero-order valence-electron chi connectivity index (χ0n) is 23.8. The Morgan fingerprint density at radius 3 is 2.56 bits per heavy atom. The van der Waals surface area contributed by atoms with E-state index in [4.69, 9.17) is 19.4 Å². The number of fused-ring (bicyclic) bond motifs is 1. The molecular weight excluding hydrogens is 530 g/mol. The van der Waals surface area contributed by atoms with Crippen LogP contribution in [0.1, 0.15) is 37.1 Å². The number of aryl methyl sites for hydroxylation is 1. The molecule has 0 spiro atoms. The maximum Gasteiger partial charge on any atom is 0.237 e. The minimum absolute atomic E-state index is 0.572. The molecule has 212 valence electrons. The van der Waals surface area contributed by atoms with E-state index < -0.39 is 0 Å². The number of piperidine rings is 1. The lowest BCUT2D eigenvalue weighted by Crippen LogP contribution is -2.44. The highest BCUT2D eigenvalue weighted by Gasteiger charge is 2.26. The zero-order chi connectivity index (χ0) is 27.4. The number of hydrogen-bond donors (Lipinski definition) is 1. The second-order valence-corrected chi connectivity index (χ2v) is 11.9. The lowest BCUT2D eigenvalue weighted by atomic mass is 10.0. The minimum atomic E-state index is 0.572. The van der Waals surface area contributed by atoms with E-state index in [2.05, 4.69) is 51.2 Å². The molecule has 0 aliphatic carbocycles. The van der Waals surface area contributed by atoms with Crippen molar-refractivity contribution in [3.05, 3.63) is 22.7 Å². The van der Waals surface area contributed by atoms with Gasteiger partial charge in [0, 0.05) is 54.1 Å². The van der Waals surface area contributed by atoms with E-state index in [-0.39, 0.29) is 0 Å². The fraction of sp³-hybridized carbons (Fsp3) is 0.607. The molecule has 5 rings (SSSR count). The van der Waals surface area contributed by atoms with E-state index in [9.17, 15) is 0 Å². The number of rotatable bonds is 10. The number of likely N-dealkylation sites (tertiary alicyclic amines) is 1. The third-order valence-corrected chi connectivity index (χ3v) is 9.48. The average molecular weight is 572 g/mol. The first kappa shape index (κ1) is 28.4. The molecule has 0 atom stereocenters. The summed E-state index contributed by atoms with van der Waals surface area (Å²) in [4.78, 5) is 23.7. The van der Waals surface area contributed by atoms with Gasteiger partial charge in [-0.3, -0.25) is 4.90 Å². The van der Waals surface area contributed by atoms with Crippen LogP contribution in [0.5, 0.6) is 5.88 Å². The molecule has 0 saturated carbocycles. The molecule has 2 aliphatic heterocycles. The quantitative estimate of drug-likeness (QED) is 0.339. The highest BCUT2D eigenvalue weighted by atomic mass is 32.2. The Bertz CT molecular complexity index is 1250. The number of hydrogen-bond acceptors (Lipinski definition) is 11. The molecule has 9 nitrogen and oxygen atoms in total. The highest BCUT2D eigenvalue weighted by Crippen LogP contribution is 2.40. The van der Waals surface area contributed by atoms with Gasteiger partial charge in [-0.15, -0.1) is 11.3 Å². The Kier molecular flexibility index (Phi) is 9.44. The predicted molar refractivity (Wildman–Crippen MR) is 163 cm³/mol. The van der Waals surface area contributed by atoms with Crippen LogP contribution >= 0.6 is 23.3 Å². The summed E-state index contributed by atoms with van der Waals surface area (Å²) in [6.07, 6.45) is 6.31. The number of anilines is 2. The van der Waals surface area contributed by atoms with Gasteiger partial charge >= 0.3 is 0 Å². The van der Waals surface area contributed by atoms with Gasteiger partial charge in [-0.1, -0.05) is 25.8 Å². The van der Waals surface area contributed by atoms with Crippen LogP contribution in [0.25, 0.3) is 21.5 Å². The summed E-state index contributed by atoms with van der Waals surface area (Å²) in [6, 6.07) is 2.78. The van der Waals surface area contributed by atoms with Gasteiger partial charge in [0.2, 0.25) is 11.8 Å².